The number of carbonyl (C=O) groups is 1. The minimum atomic E-state index is -1.84. The third kappa shape index (κ3) is 3.38. The van der Waals surface area contributed by atoms with Gasteiger partial charge in [0.05, 0.1) is 5.56 Å². The lowest BCUT2D eigenvalue weighted by molar-refractivity contribution is -0.133. The van der Waals surface area contributed by atoms with Crippen LogP contribution in [0.4, 0.5) is 0 Å². The van der Waals surface area contributed by atoms with Crippen LogP contribution in [0.5, 0.6) is 5.75 Å². The highest BCUT2D eigenvalue weighted by atomic mass is 35.6. The lowest BCUT2D eigenvalue weighted by Crippen LogP contribution is -2.40. The molecule has 0 aromatic heterocycles. The summed E-state index contributed by atoms with van der Waals surface area (Å²) in [6.45, 7) is 0. The van der Waals surface area contributed by atoms with Gasteiger partial charge in [0.2, 0.25) is 6.29 Å². The van der Waals surface area contributed by atoms with Gasteiger partial charge in [-0.2, -0.15) is 0 Å². The molecule has 0 bridgehead atoms. The Morgan fingerprint density at radius 3 is 2.45 bits per heavy atom. The molecule has 0 saturated carbocycles. The van der Waals surface area contributed by atoms with Crippen LogP contribution in [0, 0.1) is 0 Å². The Kier molecular flexibility index (Phi) is 4.84. The van der Waals surface area contributed by atoms with E-state index in [1.807, 2.05) is 0 Å². The summed E-state index contributed by atoms with van der Waals surface area (Å²) in [5.41, 5.74) is 0.424. The summed E-state index contributed by atoms with van der Waals surface area (Å²) in [6.07, 6.45) is -2.08. The normalized spacial score (nSPS) is 22.3. The van der Waals surface area contributed by atoms with Crippen molar-refractivity contribution in [3.05, 3.63) is 29.3 Å². The standard InChI is InChI=1S/C11H7Cl5O4/c12-8(13)7-5-3-4(9(17)18)1-2-6(5)19-10(20-7)11(14,15)16/h1-3,7-8,10H,(H,17,18). The van der Waals surface area contributed by atoms with Crippen LogP contribution in [0.15, 0.2) is 18.2 Å². The monoisotopic (exact) mass is 378 g/mol. The Morgan fingerprint density at radius 1 is 1.30 bits per heavy atom. The largest absolute Gasteiger partial charge is 0.478 e. The van der Waals surface area contributed by atoms with Gasteiger partial charge in [-0.3, -0.25) is 0 Å². The van der Waals surface area contributed by atoms with Crippen molar-refractivity contribution in [3.8, 4) is 5.75 Å². The van der Waals surface area contributed by atoms with Crippen LogP contribution >= 0.6 is 58.0 Å². The number of halogens is 5. The topological polar surface area (TPSA) is 55.8 Å². The van der Waals surface area contributed by atoms with Gasteiger partial charge in [-0.05, 0) is 18.2 Å². The molecule has 110 valence electrons. The van der Waals surface area contributed by atoms with Gasteiger partial charge in [0.25, 0.3) is 3.79 Å². The molecule has 9 heteroatoms. The Morgan fingerprint density at radius 2 is 1.95 bits per heavy atom. The molecule has 2 rings (SSSR count). The summed E-state index contributed by atoms with van der Waals surface area (Å²) < 4.78 is 8.94. The van der Waals surface area contributed by atoms with Crippen LogP contribution in [0.2, 0.25) is 0 Å². The minimum absolute atomic E-state index is 0.0438. The lowest BCUT2D eigenvalue weighted by atomic mass is 10.0. The zero-order valence-corrected chi connectivity index (χ0v) is 13.3. The molecule has 4 nitrogen and oxygen atoms in total. The van der Waals surface area contributed by atoms with E-state index in [-0.39, 0.29) is 5.56 Å². The molecule has 2 atom stereocenters. The highest BCUT2D eigenvalue weighted by Gasteiger charge is 2.43. The van der Waals surface area contributed by atoms with E-state index < -0.39 is 27.0 Å². The highest BCUT2D eigenvalue weighted by molar-refractivity contribution is 6.68. The molecule has 20 heavy (non-hydrogen) atoms. The first-order valence-corrected chi connectivity index (χ1v) is 7.25. The molecule has 0 saturated heterocycles. The molecule has 0 aliphatic carbocycles. The number of ether oxygens (including phenoxy) is 2. The second kappa shape index (κ2) is 5.95. The van der Waals surface area contributed by atoms with E-state index in [1.54, 1.807) is 0 Å². The van der Waals surface area contributed by atoms with Gasteiger partial charge in [-0.1, -0.05) is 34.8 Å². The number of hydrogen-bond donors (Lipinski definition) is 1. The summed E-state index contributed by atoms with van der Waals surface area (Å²) in [6, 6.07) is 4.15. The molecule has 1 heterocycles. The Labute approximate surface area is 139 Å². The van der Waals surface area contributed by atoms with Gasteiger partial charge in [0.15, 0.2) is 0 Å². The van der Waals surface area contributed by atoms with E-state index in [0.29, 0.717) is 11.3 Å². The Balaban J connectivity index is 2.45. The quantitative estimate of drug-likeness (QED) is 0.776. The van der Waals surface area contributed by atoms with Gasteiger partial charge in [0, 0.05) is 5.56 Å². The van der Waals surface area contributed by atoms with Gasteiger partial charge < -0.3 is 14.6 Å². The minimum Gasteiger partial charge on any atom is -0.478 e. The number of aromatic carboxylic acids is 1. The fourth-order valence-electron chi connectivity index (χ4n) is 1.70. The van der Waals surface area contributed by atoms with Crippen LogP contribution in [-0.2, 0) is 4.74 Å². The van der Waals surface area contributed by atoms with Gasteiger partial charge in [0.1, 0.15) is 16.7 Å². The van der Waals surface area contributed by atoms with E-state index in [9.17, 15) is 4.79 Å². The summed E-state index contributed by atoms with van der Waals surface area (Å²) >= 11 is 28.9. The molecular weight excluding hydrogens is 373 g/mol. The maximum atomic E-state index is 11.0. The maximum absolute atomic E-state index is 11.0. The zero-order chi connectivity index (χ0) is 15.1. The summed E-state index contributed by atoms with van der Waals surface area (Å²) in [4.78, 5) is 9.99. The van der Waals surface area contributed by atoms with Crippen LogP contribution in [0.1, 0.15) is 22.0 Å². The second-order valence-corrected chi connectivity index (χ2v) is 7.47. The SMILES string of the molecule is O=C(O)c1ccc2c(c1)C(C(Cl)Cl)OC(C(Cl)(Cl)Cl)O2. The molecule has 0 fully saturated rings. The summed E-state index contributed by atoms with van der Waals surface area (Å²) in [7, 11) is 0. The Hall–Kier alpha value is -0.100. The van der Waals surface area contributed by atoms with Gasteiger partial charge >= 0.3 is 5.97 Å². The van der Waals surface area contributed by atoms with Crippen molar-refractivity contribution < 1.29 is 19.4 Å². The summed E-state index contributed by atoms with van der Waals surface area (Å²) in [5, 5.41) is 8.98. The van der Waals surface area contributed by atoms with Crippen LogP contribution in [0.25, 0.3) is 0 Å². The number of hydrogen-bond acceptors (Lipinski definition) is 3. The number of benzene rings is 1. The molecular formula is C11H7Cl5O4. The van der Waals surface area contributed by atoms with E-state index in [1.165, 1.54) is 18.2 Å². The van der Waals surface area contributed by atoms with E-state index >= 15 is 0 Å². The van der Waals surface area contributed by atoms with Crippen molar-refractivity contribution in [1.82, 2.24) is 0 Å². The lowest BCUT2D eigenvalue weighted by Gasteiger charge is -2.36. The van der Waals surface area contributed by atoms with Crippen molar-refractivity contribution in [1.29, 1.82) is 0 Å². The van der Waals surface area contributed by atoms with Crippen molar-refractivity contribution in [3.63, 3.8) is 0 Å². The number of carboxylic acid groups (broad SMARTS) is 1. The molecule has 1 N–H and O–H groups in total. The first-order valence-electron chi connectivity index (χ1n) is 5.24. The number of fused-ring (bicyclic) bond motifs is 1. The van der Waals surface area contributed by atoms with E-state index in [0.717, 1.165) is 0 Å². The molecule has 0 amide bonds. The predicted molar refractivity (Wildman–Crippen MR) is 77.4 cm³/mol. The van der Waals surface area contributed by atoms with Crippen molar-refractivity contribution in [2.24, 2.45) is 0 Å². The summed E-state index contributed by atoms with van der Waals surface area (Å²) in [5.74, 6) is -0.801. The molecule has 1 aliphatic rings. The zero-order valence-electron chi connectivity index (χ0n) is 9.53. The molecule has 0 spiro atoms. The van der Waals surface area contributed by atoms with E-state index in [2.05, 4.69) is 0 Å². The first-order chi connectivity index (χ1) is 9.20. The number of alkyl halides is 5. The average Bonchev–Trinajstić information content (AvgIpc) is 2.35. The first kappa shape index (κ1) is 16.3. The van der Waals surface area contributed by atoms with Gasteiger partial charge in [-0.15, -0.1) is 23.2 Å². The smallest absolute Gasteiger partial charge is 0.335 e. The molecule has 1 aromatic carbocycles. The third-order valence-corrected chi connectivity index (χ3v) is 3.56. The van der Waals surface area contributed by atoms with Crippen LogP contribution < -0.4 is 4.74 Å². The van der Waals surface area contributed by atoms with Gasteiger partial charge in [-0.25, -0.2) is 4.79 Å². The maximum Gasteiger partial charge on any atom is 0.335 e. The third-order valence-electron chi connectivity index (χ3n) is 2.56. The van der Waals surface area contributed by atoms with Crippen molar-refractivity contribution in [2.75, 3.05) is 0 Å². The fourth-order valence-corrected chi connectivity index (χ4v) is 2.38. The highest BCUT2D eigenvalue weighted by Crippen LogP contribution is 2.45. The number of carboxylic acids is 1. The molecule has 1 aromatic rings. The van der Waals surface area contributed by atoms with Crippen molar-refractivity contribution >= 4 is 64.0 Å². The second-order valence-electron chi connectivity index (χ2n) is 3.94. The molecule has 1 aliphatic heterocycles. The molecule has 0 radical (unpaired) electrons. The Bertz CT molecular complexity index is 528. The van der Waals surface area contributed by atoms with Crippen LogP contribution in [-0.4, -0.2) is 26.0 Å². The van der Waals surface area contributed by atoms with E-state index in [4.69, 9.17) is 72.6 Å². The number of rotatable bonds is 2. The predicted octanol–water partition coefficient (Wildman–Crippen LogP) is 4.33. The average molecular weight is 380 g/mol. The van der Waals surface area contributed by atoms with Crippen molar-refractivity contribution in [2.45, 2.75) is 21.0 Å². The fraction of sp³-hybridized carbons (Fsp3) is 0.364. The molecule has 2 unspecified atom stereocenters. The van der Waals surface area contributed by atoms with Crippen LogP contribution in [0.3, 0.4) is 0 Å².